The second kappa shape index (κ2) is 6.09. The van der Waals surface area contributed by atoms with Gasteiger partial charge in [-0.25, -0.2) is 4.39 Å². The highest BCUT2D eigenvalue weighted by molar-refractivity contribution is 5.57. The fraction of sp³-hybridized carbons (Fsp3) is 0.500. The van der Waals surface area contributed by atoms with Crippen molar-refractivity contribution in [3.63, 3.8) is 0 Å². The van der Waals surface area contributed by atoms with E-state index < -0.39 is 0 Å². The van der Waals surface area contributed by atoms with Crippen LogP contribution in [0.1, 0.15) is 19.3 Å². The molecule has 0 amide bonds. The first-order chi connectivity index (χ1) is 9.83. The topological polar surface area (TPSA) is 52.8 Å². The maximum atomic E-state index is 13.6. The van der Waals surface area contributed by atoms with Crippen LogP contribution in [0.3, 0.4) is 0 Å². The standard InChI is InChI=1S/C14H17FN4O/c15-13-9-16-5-1-12(13)14-10-19(18-17-14)6-2-11-3-7-20-8-4-11/h1,5,9-11H,2-4,6-8H2. The molecule has 0 aliphatic carbocycles. The van der Waals surface area contributed by atoms with Crippen LogP contribution < -0.4 is 0 Å². The summed E-state index contributed by atoms with van der Waals surface area (Å²) in [5, 5.41) is 8.10. The van der Waals surface area contributed by atoms with Gasteiger partial charge in [0.25, 0.3) is 0 Å². The van der Waals surface area contributed by atoms with Gasteiger partial charge in [-0.2, -0.15) is 0 Å². The Morgan fingerprint density at radius 2 is 2.20 bits per heavy atom. The molecule has 0 saturated carbocycles. The number of hydrogen-bond acceptors (Lipinski definition) is 4. The molecule has 0 radical (unpaired) electrons. The maximum Gasteiger partial charge on any atom is 0.150 e. The second-order valence-electron chi connectivity index (χ2n) is 5.07. The maximum absolute atomic E-state index is 13.6. The van der Waals surface area contributed by atoms with Gasteiger partial charge in [-0.15, -0.1) is 5.10 Å². The molecule has 0 spiro atoms. The van der Waals surface area contributed by atoms with Gasteiger partial charge in [0, 0.05) is 31.5 Å². The summed E-state index contributed by atoms with van der Waals surface area (Å²) >= 11 is 0. The largest absolute Gasteiger partial charge is 0.381 e. The summed E-state index contributed by atoms with van der Waals surface area (Å²) in [6, 6.07) is 1.61. The van der Waals surface area contributed by atoms with Crippen molar-refractivity contribution >= 4 is 0 Å². The van der Waals surface area contributed by atoms with Crippen molar-refractivity contribution in [2.45, 2.75) is 25.8 Å². The first-order valence-corrected chi connectivity index (χ1v) is 6.90. The molecular formula is C14H17FN4O. The third-order valence-corrected chi connectivity index (χ3v) is 3.69. The van der Waals surface area contributed by atoms with E-state index in [2.05, 4.69) is 15.3 Å². The van der Waals surface area contributed by atoms with Gasteiger partial charge in [-0.05, 0) is 31.2 Å². The Morgan fingerprint density at radius 3 is 3.00 bits per heavy atom. The number of rotatable bonds is 4. The van der Waals surface area contributed by atoms with Crippen molar-refractivity contribution in [1.82, 2.24) is 20.0 Å². The van der Waals surface area contributed by atoms with Crippen LogP contribution in [0.2, 0.25) is 0 Å². The molecule has 0 bridgehead atoms. The van der Waals surface area contributed by atoms with Gasteiger partial charge in [0.1, 0.15) is 5.69 Å². The highest BCUT2D eigenvalue weighted by Crippen LogP contribution is 2.21. The lowest BCUT2D eigenvalue weighted by Crippen LogP contribution is -2.17. The average Bonchev–Trinajstić information content (AvgIpc) is 2.95. The Morgan fingerprint density at radius 1 is 1.35 bits per heavy atom. The minimum absolute atomic E-state index is 0.371. The number of ether oxygens (including phenoxy) is 1. The van der Waals surface area contributed by atoms with E-state index in [0.29, 0.717) is 17.2 Å². The summed E-state index contributed by atoms with van der Waals surface area (Å²) < 4.78 is 20.7. The zero-order chi connectivity index (χ0) is 13.8. The van der Waals surface area contributed by atoms with Crippen LogP contribution in [0.15, 0.2) is 24.7 Å². The summed E-state index contributed by atoms with van der Waals surface area (Å²) in [5.41, 5.74) is 0.995. The zero-order valence-corrected chi connectivity index (χ0v) is 11.2. The van der Waals surface area contributed by atoms with E-state index in [0.717, 1.165) is 39.0 Å². The smallest absolute Gasteiger partial charge is 0.150 e. The van der Waals surface area contributed by atoms with Gasteiger partial charge in [-0.1, -0.05) is 5.21 Å². The Bertz CT molecular complexity index is 566. The molecule has 3 rings (SSSR count). The molecule has 0 unspecified atom stereocenters. The van der Waals surface area contributed by atoms with Crippen LogP contribution in [0.5, 0.6) is 0 Å². The van der Waals surface area contributed by atoms with Gasteiger partial charge in [0.05, 0.1) is 12.4 Å². The van der Waals surface area contributed by atoms with Crippen molar-refractivity contribution in [2.24, 2.45) is 5.92 Å². The van der Waals surface area contributed by atoms with E-state index in [1.165, 1.54) is 6.20 Å². The van der Waals surface area contributed by atoms with Gasteiger partial charge in [-0.3, -0.25) is 9.67 Å². The van der Waals surface area contributed by atoms with E-state index in [-0.39, 0.29) is 5.82 Å². The predicted octanol–water partition coefficient (Wildman–Crippen LogP) is 2.30. The normalized spacial score (nSPS) is 16.4. The quantitative estimate of drug-likeness (QED) is 0.859. The number of aryl methyl sites for hydroxylation is 1. The molecule has 0 N–H and O–H groups in total. The molecule has 2 aromatic heterocycles. The molecule has 1 aliphatic rings. The molecule has 0 atom stereocenters. The molecule has 0 aromatic carbocycles. The second-order valence-corrected chi connectivity index (χ2v) is 5.07. The third kappa shape index (κ3) is 3.01. The Labute approximate surface area is 116 Å². The van der Waals surface area contributed by atoms with Crippen molar-refractivity contribution in [3.05, 3.63) is 30.5 Å². The molecule has 5 nitrogen and oxygen atoms in total. The first-order valence-electron chi connectivity index (χ1n) is 6.90. The molecule has 106 valence electrons. The zero-order valence-electron chi connectivity index (χ0n) is 11.2. The summed E-state index contributed by atoms with van der Waals surface area (Å²) in [7, 11) is 0. The van der Waals surface area contributed by atoms with Crippen LogP contribution in [0, 0.1) is 11.7 Å². The van der Waals surface area contributed by atoms with Gasteiger partial charge >= 0.3 is 0 Å². The number of pyridine rings is 1. The predicted molar refractivity (Wildman–Crippen MR) is 71.4 cm³/mol. The van der Waals surface area contributed by atoms with Crippen LogP contribution in [0.25, 0.3) is 11.3 Å². The fourth-order valence-electron chi connectivity index (χ4n) is 2.46. The lowest BCUT2D eigenvalue weighted by Gasteiger charge is -2.21. The lowest BCUT2D eigenvalue weighted by molar-refractivity contribution is 0.0622. The van der Waals surface area contributed by atoms with E-state index in [4.69, 9.17) is 4.74 Å². The fourth-order valence-corrected chi connectivity index (χ4v) is 2.46. The van der Waals surface area contributed by atoms with Crippen LogP contribution in [-0.4, -0.2) is 33.2 Å². The molecule has 1 fully saturated rings. The summed E-state index contributed by atoms with van der Waals surface area (Å²) in [6.07, 6.45) is 7.82. The number of hydrogen-bond donors (Lipinski definition) is 0. The Balaban J connectivity index is 1.63. The van der Waals surface area contributed by atoms with Gasteiger partial charge < -0.3 is 4.74 Å². The molecule has 1 aliphatic heterocycles. The molecule has 20 heavy (non-hydrogen) atoms. The molecular weight excluding hydrogens is 259 g/mol. The highest BCUT2D eigenvalue weighted by Gasteiger charge is 2.14. The van der Waals surface area contributed by atoms with E-state index in [9.17, 15) is 4.39 Å². The van der Waals surface area contributed by atoms with E-state index in [1.807, 2.05) is 0 Å². The summed E-state index contributed by atoms with van der Waals surface area (Å²) in [6.45, 7) is 2.52. The molecule has 2 aromatic rings. The molecule has 1 saturated heterocycles. The highest BCUT2D eigenvalue weighted by atomic mass is 19.1. The Kier molecular flexibility index (Phi) is 4.01. The summed E-state index contributed by atoms with van der Waals surface area (Å²) in [4.78, 5) is 3.73. The van der Waals surface area contributed by atoms with Crippen LogP contribution in [0.4, 0.5) is 4.39 Å². The average molecular weight is 276 g/mol. The van der Waals surface area contributed by atoms with E-state index in [1.54, 1.807) is 23.1 Å². The van der Waals surface area contributed by atoms with E-state index >= 15 is 0 Å². The summed E-state index contributed by atoms with van der Waals surface area (Å²) in [5.74, 6) is 0.318. The number of halogens is 1. The molecule has 3 heterocycles. The molecule has 6 heteroatoms. The third-order valence-electron chi connectivity index (χ3n) is 3.69. The van der Waals surface area contributed by atoms with Crippen molar-refractivity contribution in [2.75, 3.05) is 13.2 Å². The Hall–Kier alpha value is -1.82. The minimum Gasteiger partial charge on any atom is -0.381 e. The van der Waals surface area contributed by atoms with Crippen LogP contribution >= 0.6 is 0 Å². The minimum atomic E-state index is -0.371. The SMILES string of the molecule is Fc1cnccc1-c1cn(CCC2CCOCC2)nn1. The number of nitrogens with zero attached hydrogens (tertiary/aromatic N) is 4. The lowest BCUT2D eigenvalue weighted by atomic mass is 9.97. The van der Waals surface area contributed by atoms with Gasteiger partial charge in [0.2, 0.25) is 0 Å². The number of aromatic nitrogens is 4. The monoisotopic (exact) mass is 276 g/mol. The van der Waals surface area contributed by atoms with Crippen molar-refractivity contribution in [3.8, 4) is 11.3 Å². The first kappa shape index (κ1) is 13.2. The van der Waals surface area contributed by atoms with Crippen molar-refractivity contribution < 1.29 is 9.13 Å². The van der Waals surface area contributed by atoms with Crippen molar-refractivity contribution in [1.29, 1.82) is 0 Å². The van der Waals surface area contributed by atoms with Crippen LogP contribution in [-0.2, 0) is 11.3 Å². The van der Waals surface area contributed by atoms with Gasteiger partial charge in [0.15, 0.2) is 5.82 Å².